The number of nitrogens with one attached hydrogen (secondary N) is 1. The first-order chi connectivity index (χ1) is 11.7. The Hall–Kier alpha value is -2.58. The largest absolute Gasteiger partial charge is 0.507 e. The standard InChI is InChI=1S/C16H14ClNO6S/c1-25(22,23)18-12-5-2-10(3-6-12)15(20)9-24-16(21)13-8-11(17)4-7-14(13)19/h2-8,18-19H,9H2,1H3. The molecule has 2 aromatic carbocycles. The Kier molecular flexibility index (Phi) is 5.66. The van der Waals surface area contributed by atoms with Crippen molar-refractivity contribution in [1.82, 2.24) is 0 Å². The highest BCUT2D eigenvalue weighted by molar-refractivity contribution is 7.92. The van der Waals surface area contributed by atoms with Crippen molar-refractivity contribution in [3.05, 3.63) is 58.6 Å². The Morgan fingerprint density at radius 3 is 2.40 bits per heavy atom. The predicted octanol–water partition coefficient (Wildman–Crippen LogP) is 2.46. The fourth-order valence-electron chi connectivity index (χ4n) is 1.90. The van der Waals surface area contributed by atoms with Crippen LogP contribution in [-0.4, -0.2) is 38.1 Å². The number of carbonyl (C=O) groups excluding carboxylic acids is 2. The number of esters is 1. The minimum Gasteiger partial charge on any atom is -0.507 e. The van der Waals surface area contributed by atoms with Crippen molar-refractivity contribution in [3.8, 4) is 5.75 Å². The van der Waals surface area contributed by atoms with Crippen molar-refractivity contribution in [2.45, 2.75) is 0 Å². The van der Waals surface area contributed by atoms with Gasteiger partial charge in [-0.05, 0) is 42.5 Å². The zero-order chi connectivity index (χ0) is 18.6. The van der Waals surface area contributed by atoms with Gasteiger partial charge in [-0.15, -0.1) is 0 Å². The SMILES string of the molecule is CS(=O)(=O)Nc1ccc(C(=O)COC(=O)c2cc(Cl)ccc2O)cc1. The molecule has 0 aliphatic carbocycles. The lowest BCUT2D eigenvalue weighted by molar-refractivity contribution is 0.0472. The Morgan fingerprint density at radius 1 is 1.16 bits per heavy atom. The van der Waals surface area contributed by atoms with Gasteiger partial charge in [-0.1, -0.05) is 11.6 Å². The summed E-state index contributed by atoms with van der Waals surface area (Å²) in [5, 5.41) is 9.85. The van der Waals surface area contributed by atoms with E-state index in [-0.39, 0.29) is 21.9 Å². The van der Waals surface area contributed by atoms with Crippen molar-refractivity contribution < 1.29 is 27.9 Å². The van der Waals surface area contributed by atoms with Crippen molar-refractivity contribution in [2.24, 2.45) is 0 Å². The van der Waals surface area contributed by atoms with Gasteiger partial charge < -0.3 is 9.84 Å². The zero-order valence-electron chi connectivity index (χ0n) is 13.0. The molecule has 0 bridgehead atoms. The van der Waals surface area contributed by atoms with Gasteiger partial charge in [0.15, 0.2) is 12.4 Å². The number of anilines is 1. The van der Waals surface area contributed by atoms with Gasteiger partial charge in [-0.2, -0.15) is 0 Å². The third-order valence-electron chi connectivity index (χ3n) is 3.02. The number of sulfonamides is 1. The first kappa shape index (κ1) is 18.8. The maximum Gasteiger partial charge on any atom is 0.342 e. The van der Waals surface area contributed by atoms with Gasteiger partial charge in [0.05, 0.1) is 6.26 Å². The predicted molar refractivity (Wildman–Crippen MR) is 92.6 cm³/mol. The number of carbonyl (C=O) groups is 2. The molecule has 2 rings (SSSR count). The second-order valence-electron chi connectivity index (χ2n) is 5.11. The summed E-state index contributed by atoms with van der Waals surface area (Å²) in [4.78, 5) is 23.9. The average Bonchev–Trinajstić information content (AvgIpc) is 2.53. The van der Waals surface area contributed by atoms with Crippen molar-refractivity contribution >= 4 is 39.1 Å². The highest BCUT2D eigenvalue weighted by Gasteiger charge is 2.16. The average molecular weight is 384 g/mol. The first-order valence-electron chi connectivity index (χ1n) is 6.92. The molecule has 0 spiro atoms. The van der Waals surface area contributed by atoms with E-state index in [1.54, 1.807) is 0 Å². The van der Waals surface area contributed by atoms with Crippen molar-refractivity contribution in [3.63, 3.8) is 0 Å². The van der Waals surface area contributed by atoms with Crippen LogP contribution in [0.25, 0.3) is 0 Å². The molecule has 0 fully saturated rings. The molecule has 0 saturated carbocycles. The second-order valence-corrected chi connectivity index (χ2v) is 7.30. The molecule has 0 heterocycles. The van der Waals surface area contributed by atoms with E-state index in [0.717, 1.165) is 6.26 Å². The van der Waals surface area contributed by atoms with E-state index in [2.05, 4.69) is 4.72 Å². The lowest BCUT2D eigenvalue weighted by Crippen LogP contribution is -2.15. The van der Waals surface area contributed by atoms with Crippen LogP contribution in [-0.2, 0) is 14.8 Å². The lowest BCUT2D eigenvalue weighted by atomic mass is 10.1. The number of ether oxygens (including phenoxy) is 1. The zero-order valence-corrected chi connectivity index (χ0v) is 14.6. The molecule has 0 amide bonds. The molecule has 25 heavy (non-hydrogen) atoms. The fourth-order valence-corrected chi connectivity index (χ4v) is 2.64. The summed E-state index contributed by atoms with van der Waals surface area (Å²) in [5.41, 5.74) is 0.398. The van der Waals surface area contributed by atoms with E-state index in [0.29, 0.717) is 5.69 Å². The van der Waals surface area contributed by atoms with Crippen LogP contribution < -0.4 is 4.72 Å². The number of benzene rings is 2. The lowest BCUT2D eigenvalue weighted by Gasteiger charge is -2.07. The quantitative estimate of drug-likeness (QED) is 0.585. The molecular formula is C16H14ClNO6S. The summed E-state index contributed by atoms with van der Waals surface area (Å²) in [6.45, 7) is -0.538. The minimum absolute atomic E-state index is 0.145. The van der Waals surface area contributed by atoms with Gasteiger partial charge in [0, 0.05) is 16.3 Å². The summed E-state index contributed by atoms with van der Waals surface area (Å²) in [7, 11) is -3.41. The number of hydrogen-bond acceptors (Lipinski definition) is 6. The molecule has 0 aliphatic rings. The number of hydrogen-bond donors (Lipinski definition) is 2. The van der Waals surface area contributed by atoms with Gasteiger partial charge in [-0.25, -0.2) is 13.2 Å². The van der Waals surface area contributed by atoms with Crippen LogP contribution in [0.15, 0.2) is 42.5 Å². The third kappa shape index (κ3) is 5.47. The van der Waals surface area contributed by atoms with Crippen molar-refractivity contribution in [2.75, 3.05) is 17.6 Å². The monoisotopic (exact) mass is 383 g/mol. The Morgan fingerprint density at radius 2 is 1.80 bits per heavy atom. The summed E-state index contributed by atoms with van der Waals surface area (Å²) < 4.78 is 29.4. The van der Waals surface area contributed by atoms with Crippen LogP contribution in [0.1, 0.15) is 20.7 Å². The second kappa shape index (κ2) is 7.54. The maximum absolute atomic E-state index is 12.0. The summed E-state index contributed by atoms with van der Waals surface area (Å²) in [6.07, 6.45) is 1.01. The number of rotatable bonds is 6. The number of phenolic OH excluding ortho intramolecular Hbond substituents is 1. The van der Waals surface area contributed by atoms with Crippen LogP contribution in [0.5, 0.6) is 5.75 Å². The molecule has 132 valence electrons. The van der Waals surface area contributed by atoms with E-state index >= 15 is 0 Å². The third-order valence-corrected chi connectivity index (χ3v) is 3.86. The van der Waals surface area contributed by atoms with Gasteiger partial charge >= 0.3 is 5.97 Å². The Labute approximate surface area is 149 Å². The number of halogens is 1. The highest BCUT2D eigenvalue weighted by atomic mass is 35.5. The molecule has 0 aliphatic heterocycles. The molecule has 0 unspecified atom stereocenters. The summed E-state index contributed by atoms with van der Waals surface area (Å²) >= 11 is 5.75. The molecule has 0 aromatic heterocycles. The molecule has 9 heteroatoms. The van der Waals surface area contributed by atoms with E-state index in [1.165, 1.54) is 42.5 Å². The van der Waals surface area contributed by atoms with Crippen LogP contribution in [0.3, 0.4) is 0 Å². The van der Waals surface area contributed by atoms with E-state index in [4.69, 9.17) is 16.3 Å². The molecule has 2 N–H and O–H groups in total. The van der Waals surface area contributed by atoms with E-state index in [1.807, 2.05) is 0 Å². The number of aromatic hydroxyl groups is 1. The molecule has 0 atom stereocenters. The molecule has 2 aromatic rings. The van der Waals surface area contributed by atoms with Crippen LogP contribution >= 0.6 is 11.6 Å². The Bertz CT molecular complexity index is 909. The van der Waals surface area contributed by atoms with Crippen molar-refractivity contribution in [1.29, 1.82) is 0 Å². The van der Waals surface area contributed by atoms with Gasteiger partial charge in [0.25, 0.3) is 0 Å². The molecule has 7 nitrogen and oxygen atoms in total. The normalized spacial score (nSPS) is 11.0. The smallest absolute Gasteiger partial charge is 0.342 e. The summed E-state index contributed by atoms with van der Waals surface area (Å²) in [5.74, 6) is -1.68. The van der Waals surface area contributed by atoms with E-state index < -0.39 is 28.4 Å². The fraction of sp³-hybridized carbons (Fsp3) is 0.125. The maximum atomic E-state index is 12.0. The van der Waals surface area contributed by atoms with Gasteiger partial charge in [-0.3, -0.25) is 9.52 Å². The van der Waals surface area contributed by atoms with E-state index in [9.17, 15) is 23.1 Å². The minimum atomic E-state index is -3.41. The van der Waals surface area contributed by atoms with Crippen LogP contribution in [0, 0.1) is 0 Å². The molecule has 0 saturated heterocycles. The summed E-state index contributed by atoms with van der Waals surface area (Å²) in [6, 6.07) is 9.52. The van der Waals surface area contributed by atoms with Gasteiger partial charge in [0.2, 0.25) is 10.0 Å². The Balaban J connectivity index is 2.00. The topological polar surface area (TPSA) is 110 Å². The number of ketones is 1. The molecular weight excluding hydrogens is 370 g/mol. The van der Waals surface area contributed by atoms with Crippen LogP contribution in [0.2, 0.25) is 5.02 Å². The van der Waals surface area contributed by atoms with Gasteiger partial charge in [0.1, 0.15) is 11.3 Å². The number of phenols is 1. The molecule has 0 radical (unpaired) electrons. The highest BCUT2D eigenvalue weighted by Crippen LogP contribution is 2.22. The number of Topliss-reactive ketones (excluding diaryl/α,β-unsaturated/α-hetero) is 1. The first-order valence-corrected chi connectivity index (χ1v) is 9.19. The van der Waals surface area contributed by atoms with Crippen LogP contribution in [0.4, 0.5) is 5.69 Å².